The molecule has 8 nitrogen and oxygen atoms in total. The summed E-state index contributed by atoms with van der Waals surface area (Å²) in [5.41, 5.74) is 1.93. The average Bonchev–Trinajstić information content (AvgIpc) is 3.25. The lowest BCUT2D eigenvalue weighted by molar-refractivity contribution is -0.172. The summed E-state index contributed by atoms with van der Waals surface area (Å²) in [5.74, 6) is -0.0261. The Bertz CT molecular complexity index is 1450. The van der Waals surface area contributed by atoms with Gasteiger partial charge in [-0.2, -0.15) is 0 Å². The number of pyridine rings is 2. The Morgan fingerprint density at radius 1 is 1.23 bits per heavy atom. The van der Waals surface area contributed by atoms with Crippen LogP contribution in [-0.4, -0.2) is 32.9 Å². The SMILES string of the molecule is CCC1(O)C(=O)OCc2c1cc1n(c2=O)Cc2c-1nc1ccc(C=N)cc1c2OC1CCCCC1. The highest BCUT2D eigenvalue weighted by Crippen LogP contribution is 2.43. The number of rotatable bonds is 4. The second-order valence-electron chi connectivity index (χ2n) is 9.67. The largest absolute Gasteiger partial charge is 0.489 e. The molecule has 0 spiro atoms. The minimum Gasteiger partial charge on any atom is -0.489 e. The first-order valence-corrected chi connectivity index (χ1v) is 12.3. The van der Waals surface area contributed by atoms with Crippen LogP contribution in [0.15, 0.2) is 29.1 Å². The molecule has 1 aromatic carbocycles. The quantitative estimate of drug-likeness (QED) is 0.344. The maximum Gasteiger partial charge on any atom is 0.343 e. The summed E-state index contributed by atoms with van der Waals surface area (Å²) in [7, 11) is 0. The first kappa shape index (κ1) is 22.0. The lowest BCUT2D eigenvalue weighted by atomic mass is 9.86. The van der Waals surface area contributed by atoms with E-state index in [0.717, 1.165) is 42.2 Å². The molecule has 0 saturated heterocycles. The van der Waals surface area contributed by atoms with E-state index in [9.17, 15) is 14.7 Å². The summed E-state index contributed by atoms with van der Waals surface area (Å²) in [6.07, 6.45) is 6.90. The summed E-state index contributed by atoms with van der Waals surface area (Å²) in [6, 6.07) is 7.33. The van der Waals surface area contributed by atoms with Crippen molar-refractivity contribution in [2.75, 3.05) is 0 Å². The normalized spacial score (nSPS) is 21.3. The third kappa shape index (κ3) is 3.23. The number of ether oxygens (including phenoxy) is 2. The maximum atomic E-state index is 13.5. The van der Waals surface area contributed by atoms with Crippen molar-refractivity contribution in [2.45, 2.75) is 70.3 Å². The van der Waals surface area contributed by atoms with Gasteiger partial charge in [-0.25, -0.2) is 9.78 Å². The van der Waals surface area contributed by atoms with Gasteiger partial charge in [0.2, 0.25) is 0 Å². The Balaban J connectivity index is 1.59. The van der Waals surface area contributed by atoms with Crippen LogP contribution in [0.5, 0.6) is 5.75 Å². The van der Waals surface area contributed by atoms with E-state index in [2.05, 4.69) is 0 Å². The average molecular weight is 474 g/mol. The molecule has 3 aromatic rings. The zero-order chi connectivity index (χ0) is 24.3. The van der Waals surface area contributed by atoms with Crippen molar-refractivity contribution in [3.8, 4) is 17.1 Å². The third-order valence-electron chi connectivity index (χ3n) is 7.66. The molecular formula is C27H27N3O5. The molecule has 180 valence electrons. The van der Waals surface area contributed by atoms with Crippen molar-refractivity contribution < 1.29 is 19.4 Å². The Hall–Kier alpha value is -3.52. The molecule has 1 saturated carbocycles. The van der Waals surface area contributed by atoms with Gasteiger partial charge in [0.05, 0.1) is 35.1 Å². The number of fused-ring (bicyclic) bond motifs is 5. The number of esters is 1. The van der Waals surface area contributed by atoms with Crippen LogP contribution in [0.1, 0.15) is 67.7 Å². The van der Waals surface area contributed by atoms with Gasteiger partial charge in [-0.15, -0.1) is 0 Å². The number of carbonyl (C=O) groups excluding carboxylic acids is 1. The number of aromatic nitrogens is 2. The minimum atomic E-state index is -1.86. The molecule has 8 heteroatoms. The van der Waals surface area contributed by atoms with Gasteiger partial charge in [0.1, 0.15) is 12.4 Å². The minimum absolute atomic E-state index is 0.0898. The molecule has 0 amide bonds. The van der Waals surface area contributed by atoms with Crippen LogP contribution in [0.25, 0.3) is 22.3 Å². The van der Waals surface area contributed by atoms with E-state index in [1.165, 1.54) is 12.6 Å². The van der Waals surface area contributed by atoms with Crippen molar-refractivity contribution in [3.63, 3.8) is 0 Å². The molecule has 1 atom stereocenters. The van der Waals surface area contributed by atoms with Crippen LogP contribution in [0.3, 0.4) is 0 Å². The standard InChI is InChI=1S/C27H27N3O5/c1-2-27(33)20-11-22-23-18(13-30(22)25(31)19(20)14-34-26(27)32)24(35-16-6-4-3-5-7-16)17-10-15(12-28)8-9-21(17)29-23/h8-12,16,28,33H,2-7,13-14H2,1H3. The molecule has 1 fully saturated rings. The van der Waals surface area contributed by atoms with E-state index in [-0.39, 0.29) is 31.2 Å². The van der Waals surface area contributed by atoms with Gasteiger partial charge >= 0.3 is 5.97 Å². The lowest BCUT2D eigenvalue weighted by Gasteiger charge is -2.31. The Morgan fingerprint density at radius 3 is 2.77 bits per heavy atom. The Labute approximate surface area is 202 Å². The molecule has 4 heterocycles. The summed E-state index contributed by atoms with van der Waals surface area (Å²) >= 11 is 0. The molecule has 2 aliphatic heterocycles. The molecule has 35 heavy (non-hydrogen) atoms. The molecule has 2 aromatic heterocycles. The van der Waals surface area contributed by atoms with Crippen molar-refractivity contribution in [3.05, 3.63) is 56.9 Å². The highest BCUT2D eigenvalue weighted by Gasteiger charge is 2.45. The number of carbonyl (C=O) groups is 1. The molecule has 1 unspecified atom stereocenters. The number of nitrogens with one attached hydrogen (secondary N) is 1. The van der Waals surface area contributed by atoms with Crippen molar-refractivity contribution in [1.29, 1.82) is 5.41 Å². The van der Waals surface area contributed by atoms with E-state index < -0.39 is 11.6 Å². The summed E-state index contributed by atoms with van der Waals surface area (Å²) in [6.45, 7) is 1.82. The molecule has 2 N–H and O–H groups in total. The second-order valence-corrected chi connectivity index (χ2v) is 9.67. The maximum absolute atomic E-state index is 13.5. The second kappa shape index (κ2) is 8.02. The first-order valence-electron chi connectivity index (χ1n) is 12.3. The van der Waals surface area contributed by atoms with Crippen LogP contribution < -0.4 is 10.3 Å². The van der Waals surface area contributed by atoms with E-state index in [4.69, 9.17) is 19.9 Å². The Kier molecular flexibility index (Phi) is 5.03. The fourth-order valence-electron chi connectivity index (χ4n) is 5.63. The summed E-state index contributed by atoms with van der Waals surface area (Å²) < 4.78 is 13.4. The first-order chi connectivity index (χ1) is 16.9. The molecule has 1 aliphatic carbocycles. The van der Waals surface area contributed by atoms with E-state index >= 15 is 0 Å². The number of hydrogen-bond acceptors (Lipinski definition) is 7. The number of benzene rings is 1. The van der Waals surface area contributed by atoms with E-state index in [0.29, 0.717) is 33.8 Å². The van der Waals surface area contributed by atoms with Crippen LogP contribution in [0.2, 0.25) is 0 Å². The summed E-state index contributed by atoms with van der Waals surface area (Å²) in [4.78, 5) is 30.9. The predicted molar refractivity (Wildman–Crippen MR) is 130 cm³/mol. The number of hydrogen-bond donors (Lipinski definition) is 2. The van der Waals surface area contributed by atoms with Crippen LogP contribution in [0.4, 0.5) is 0 Å². The molecule has 0 bridgehead atoms. The smallest absolute Gasteiger partial charge is 0.343 e. The summed E-state index contributed by atoms with van der Waals surface area (Å²) in [5, 5.41) is 19.6. The fraction of sp³-hybridized carbons (Fsp3) is 0.407. The number of aliphatic hydroxyl groups is 1. The molecule has 6 rings (SSSR count). The topological polar surface area (TPSA) is 115 Å². The highest BCUT2D eigenvalue weighted by atomic mass is 16.6. The van der Waals surface area contributed by atoms with E-state index in [1.807, 2.05) is 18.2 Å². The predicted octanol–water partition coefficient (Wildman–Crippen LogP) is 3.79. The van der Waals surface area contributed by atoms with Gasteiger partial charge in [-0.3, -0.25) is 4.79 Å². The monoisotopic (exact) mass is 473 g/mol. The third-order valence-corrected chi connectivity index (χ3v) is 7.66. The number of nitrogens with zero attached hydrogens (tertiary/aromatic N) is 2. The Morgan fingerprint density at radius 2 is 2.03 bits per heavy atom. The fourth-order valence-corrected chi connectivity index (χ4v) is 5.63. The lowest BCUT2D eigenvalue weighted by Crippen LogP contribution is -2.44. The van der Waals surface area contributed by atoms with Crippen LogP contribution in [0, 0.1) is 5.41 Å². The van der Waals surface area contributed by atoms with E-state index in [1.54, 1.807) is 17.6 Å². The zero-order valence-corrected chi connectivity index (χ0v) is 19.6. The van der Waals surface area contributed by atoms with Gasteiger partial charge < -0.3 is 24.6 Å². The van der Waals surface area contributed by atoms with Gasteiger partial charge in [0.25, 0.3) is 5.56 Å². The molecule has 3 aliphatic rings. The molecule has 0 radical (unpaired) electrons. The highest BCUT2D eigenvalue weighted by molar-refractivity contribution is 5.95. The number of cyclic esters (lactones) is 1. The van der Waals surface area contributed by atoms with Gasteiger partial charge in [-0.1, -0.05) is 19.4 Å². The van der Waals surface area contributed by atoms with Crippen molar-refractivity contribution >= 4 is 23.1 Å². The zero-order valence-electron chi connectivity index (χ0n) is 19.6. The van der Waals surface area contributed by atoms with Crippen molar-refractivity contribution in [2.24, 2.45) is 0 Å². The molecular weight excluding hydrogens is 446 g/mol. The van der Waals surface area contributed by atoms with Crippen LogP contribution >= 0.6 is 0 Å². The van der Waals surface area contributed by atoms with Gasteiger partial charge in [0.15, 0.2) is 5.60 Å². The van der Waals surface area contributed by atoms with Crippen molar-refractivity contribution in [1.82, 2.24) is 9.55 Å². The van der Waals surface area contributed by atoms with Gasteiger partial charge in [-0.05, 0) is 55.9 Å². The van der Waals surface area contributed by atoms with Gasteiger partial charge in [0, 0.05) is 22.7 Å². The van der Waals surface area contributed by atoms with Crippen LogP contribution in [-0.2, 0) is 28.3 Å².